The quantitative estimate of drug-likeness (QED) is 0.201. The summed E-state index contributed by atoms with van der Waals surface area (Å²) >= 11 is 0. The lowest BCUT2D eigenvalue weighted by molar-refractivity contribution is -0.118. The van der Waals surface area contributed by atoms with Gasteiger partial charge in [-0.3, -0.25) is 4.79 Å². The lowest BCUT2D eigenvalue weighted by Gasteiger charge is -2.16. The number of nitrogens with one attached hydrogen (secondary N) is 1. The number of carbonyl (C=O) groups is 1. The van der Waals surface area contributed by atoms with Crippen LogP contribution >= 0.6 is 0 Å². The van der Waals surface area contributed by atoms with Crippen molar-refractivity contribution in [3.05, 3.63) is 119 Å². The maximum absolute atomic E-state index is 11.1. The van der Waals surface area contributed by atoms with Gasteiger partial charge in [0.2, 0.25) is 5.91 Å². The molecule has 0 fully saturated rings. The third-order valence-electron chi connectivity index (χ3n) is 6.69. The van der Waals surface area contributed by atoms with E-state index in [-0.39, 0.29) is 5.91 Å². The molecule has 0 unspecified atom stereocenters. The van der Waals surface area contributed by atoms with Crippen LogP contribution in [0, 0.1) is 13.8 Å². The average Bonchev–Trinajstić information content (AvgIpc) is 2.92. The van der Waals surface area contributed by atoms with Crippen LogP contribution in [0.1, 0.15) is 47.6 Å². The van der Waals surface area contributed by atoms with Crippen molar-refractivity contribution >= 4 is 5.91 Å². The minimum Gasteiger partial charge on any atom is -0.489 e. The molecule has 0 saturated carbocycles. The molecule has 4 aromatic rings. The second-order valence-electron chi connectivity index (χ2n) is 9.73. The lowest BCUT2D eigenvalue weighted by Crippen LogP contribution is -2.20. The largest absolute Gasteiger partial charge is 0.489 e. The Morgan fingerprint density at radius 3 is 2.37 bits per heavy atom. The first kappa shape index (κ1) is 27.0. The van der Waals surface area contributed by atoms with Crippen LogP contribution in [0.2, 0.25) is 0 Å². The summed E-state index contributed by atoms with van der Waals surface area (Å²) in [7, 11) is 0. The number of aryl methyl sites for hydroxylation is 2. The topological polar surface area (TPSA) is 47.6 Å². The van der Waals surface area contributed by atoms with Crippen LogP contribution in [0.3, 0.4) is 0 Å². The first-order valence-corrected chi connectivity index (χ1v) is 13.3. The average molecular weight is 508 g/mol. The molecule has 1 N–H and O–H groups in total. The maximum atomic E-state index is 11.1. The van der Waals surface area contributed by atoms with E-state index in [1.165, 1.54) is 22.3 Å². The van der Waals surface area contributed by atoms with Crippen LogP contribution in [0.5, 0.6) is 11.5 Å². The molecule has 0 aliphatic carbocycles. The summed E-state index contributed by atoms with van der Waals surface area (Å²) < 4.78 is 12.6. The Balaban J connectivity index is 1.47. The molecule has 0 aromatic heterocycles. The SMILES string of the molecule is CC(=O)NCCCCc1ccc(OCc2cccc(-c3ccccc3)c2C)cc1OCc1cccc(C)c1. The van der Waals surface area contributed by atoms with Crippen molar-refractivity contribution in [2.75, 3.05) is 6.54 Å². The highest BCUT2D eigenvalue weighted by molar-refractivity contribution is 5.72. The van der Waals surface area contributed by atoms with E-state index in [2.05, 4.69) is 92.0 Å². The number of hydrogen-bond acceptors (Lipinski definition) is 3. The van der Waals surface area contributed by atoms with Crippen molar-refractivity contribution < 1.29 is 14.3 Å². The fourth-order valence-electron chi connectivity index (χ4n) is 4.56. The summed E-state index contributed by atoms with van der Waals surface area (Å²) in [5.41, 5.74) is 8.33. The summed E-state index contributed by atoms with van der Waals surface area (Å²) in [5.74, 6) is 1.65. The third-order valence-corrected chi connectivity index (χ3v) is 6.69. The highest BCUT2D eigenvalue weighted by Crippen LogP contribution is 2.30. The molecule has 1 amide bonds. The first-order valence-electron chi connectivity index (χ1n) is 13.3. The molecule has 4 rings (SSSR count). The third kappa shape index (κ3) is 7.72. The Bertz CT molecular complexity index is 1350. The predicted octanol–water partition coefficient (Wildman–Crippen LogP) is 7.59. The van der Waals surface area contributed by atoms with Crippen LogP contribution in [0.25, 0.3) is 11.1 Å². The predicted molar refractivity (Wildman–Crippen MR) is 155 cm³/mol. The normalized spacial score (nSPS) is 10.7. The maximum Gasteiger partial charge on any atom is 0.216 e. The van der Waals surface area contributed by atoms with E-state index in [0.29, 0.717) is 19.8 Å². The number of unbranched alkanes of at least 4 members (excludes halogenated alkanes) is 1. The lowest BCUT2D eigenvalue weighted by atomic mass is 9.97. The molecule has 4 heteroatoms. The van der Waals surface area contributed by atoms with Gasteiger partial charge in [0.05, 0.1) is 0 Å². The second-order valence-corrected chi connectivity index (χ2v) is 9.73. The Hall–Kier alpha value is -4.05. The number of carbonyl (C=O) groups excluding carboxylic acids is 1. The molecule has 0 aliphatic rings. The van der Waals surface area contributed by atoms with Gasteiger partial charge in [0.25, 0.3) is 0 Å². The van der Waals surface area contributed by atoms with Gasteiger partial charge in [-0.1, -0.05) is 84.4 Å². The summed E-state index contributed by atoms with van der Waals surface area (Å²) in [4.78, 5) is 11.1. The molecule has 0 spiro atoms. The highest BCUT2D eigenvalue weighted by Gasteiger charge is 2.10. The number of rotatable bonds is 12. The number of amides is 1. The first-order chi connectivity index (χ1) is 18.5. The van der Waals surface area contributed by atoms with Crippen molar-refractivity contribution in [2.24, 2.45) is 0 Å². The van der Waals surface area contributed by atoms with Crippen LogP contribution in [0.15, 0.2) is 91.0 Å². The smallest absolute Gasteiger partial charge is 0.216 e. The van der Waals surface area contributed by atoms with Gasteiger partial charge < -0.3 is 14.8 Å². The standard InChI is InChI=1S/C34H37NO3/c1-25-11-9-12-28(21-25)23-38-34-22-32(19-18-30(34)15-7-8-20-35-27(3)36)37-24-31-16-10-17-33(26(31)2)29-13-5-4-6-14-29/h4-6,9-14,16-19,21-22H,7-8,15,20,23-24H2,1-3H3,(H,35,36). The van der Waals surface area contributed by atoms with E-state index < -0.39 is 0 Å². The van der Waals surface area contributed by atoms with E-state index in [4.69, 9.17) is 9.47 Å². The Morgan fingerprint density at radius 1 is 0.763 bits per heavy atom. The molecule has 38 heavy (non-hydrogen) atoms. The Morgan fingerprint density at radius 2 is 1.58 bits per heavy atom. The van der Waals surface area contributed by atoms with Crippen molar-refractivity contribution in [2.45, 2.75) is 53.2 Å². The summed E-state index contributed by atoms with van der Waals surface area (Å²) in [5, 5.41) is 2.87. The van der Waals surface area contributed by atoms with Crippen LogP contribution in [0.4, 0.5) is 0 Å². The van der Waals surface area contributed by atoms with E-state index >= 15 is 0 Å². The molecule has 0 heterocycles. The minimum absolute atomic E-state index is 0.0122. The Labute approximate surface area is 226 Å². The summed E-state index contributed by atoms with van der Waals surface area (Å²) in [6.45, 7) is 7.48. The second kappa shape index (κ2) is 13.5. The van der Waals surface area contributed by atoms with Crippen molar-refractivity contribution in [1.82, 2.24) is 5.32 Å². The molecule has 0 saturated heterocycles. The molecule has 4 nitrogen and oxygen atoms in total. The molecular formula is C34H37NO3. The summed E-state index contributed by atoms with van der Waals surface area (Å²) in [6, 6.07) is 31.3. The van der Waals surface area contributed by atoms with Gasteiger partial charge in [-0.15, -0.1) is 0 Å². The monoisotopic (exact) mass is 507 g/mol. The van der Waals surface area contributed by atoms with Gasteiger partial charge in [-0.05, 0) is 72.6 Å². The zero-order valence-corrected chi connectivity index (χ0v) is 22.6. The molecule has 0 radical (unpaired) electrons. The van der Waals surface area contributed by atoms with Gasteiger partial charge in [-0.2, -0.15) is 0 Å². The van der Waals surface area contributed by atoms with Gasteiger partial charge in [0, 0.05) is 19.5 Å². The number of hydrogen-bond donors (Lipinski definition) is 1. The van der Waals surface area contributed by atoms with E-state index in [0.717, 1.165) is 47.5 Å². The van der Waals surface area contributed by atoms with E-state index in [1.54, 1.807) is 6.92 Å². The fourth-order valence-corrected chi connectivity index (χ4v) is 4.56. The molecule has 0 atom stereocenters. The fraction of sp³-hybridized carbons (Fsp3) is 0.265. The van der Waals surface area contributed by atoms with Crippen LogP contribution in [-0.2, 0) is 24.4 Å². The number of benzene rings is 4. The zero-order valence-electron chi connectivity index (χ0n) is 22.6. The van der Waals surface area contributed by atoms with Gasteiger partial charge in [-0.25, -0.2) is 0 Å². The minimum atomic E-state index is 0.0122. The van der Waals surface area contributed by atoms with Crippen molar-refractivity contribution in [3.8, 4) is 22.6 Å². The van der Waals surface area contributed by atoms with E-state index in [1.807, 2.05) is 18.2 Å². The zero-order chi connectivity index (χ0) is 26.7. The van der Waals surface area contributed by atoms with Crippen LogP contribution in [-0.4, -0.2) is 12.5 Å². The van der Waals surface area contributed by atoms with Crippen molar-refractivity contribution in [1.29, 1.82) is 0 Å². The van der Waals surface area contributed by atoms with Gasteiger partial charge in [0.1, 0.15) is 24.7 Å². The number of ether oxygens (including phenoxy) is 2. The van der Waals surface area contributed by atoms with Gasteiger partial charge in [0.15, 0.2) is 0 Å². The van der Waals surface area contributed by atoms with Gasteiger partial charge >= 0.3 is 0 Å². The molecule has 4 aromatic carbocycles. The molecular weight excluding hydrogens is 470 g/mol. The molecule has 196 valence electrons. The van der Waals surface area contributed by atoms with E-state index in [9.17, 15) is 4.79 Å². The van der Waals surface area contributed by atoms with Crippen molar-refractivity contribution in [3.63, 3.8) is 0 Å². The van der Waals surface area contributed by atoms with Crippen LogP contribution < -0.4 is 14.8 Å². The highest BCUT2D eigenvalue weighted by atomic mass is 16.5. The molecule has 0 aliphatic heterocycles. The summed E-state index contributed by atoms with van der Waals surface area (Å²) in [6.07, 6.45) is 2.76. The molecule has 0 bridgehead atoms. The Kier molecular flexibility index (Phi) is 9.58.